The average Bonchev–Trinajstić information content (AvgIpc) is 2.90. The molecule has 1 aromatic carbocycles. The number of thiocarbonyl (C=S) groups is 1. The van der Waals surface area contributed by atoms with Crippen LogP contribution in [-0.4, -0.2) is 5.11 Å². The topological polar surface area (TPSA) is 37.2 Å². The van der Waals surface area contributed by atoms with Crippen molar-refractivity contribution in [1.29, 1.82) is 0 Å². The number of nitrogens with one attached hydrogen (secondary N) is 2. The van der Waals surface area contributed by atoms with E-state index in [1.807, 2.05) is 43.3 Å². The van der Waals surface area contributed by atoms with E-state index < -0.39 is 0 Å². The van der Waals surface area contributed by atoms with Crippen LogP contribution in [0.15, 0.2) is 47.1 Å². The Labute approximate surface area is 123 Å². The summed E-state index contributed by atoms with van der Waals surface area (Å²) in [4.78, 5) is 0. The number of hydrogen-bond donors (Lipinski definition) is 2. The maximum absolute atomic E-state index is 5.86. The van der Waals surface area contributed by atoms with E-state index in [0.29, 0.717) is 11.7 Å². The van der Waals surface area contributed by atoms with Crippen molar-refractivity contribution < 1.29 is 4.42 Å². The minimum absolute atomic E-state index is 0.119. The zero-order chi connectivity index (χ0) is 13.7. The van der Waals surface area contributed by atoms with Gasteiger partial charge in [0.15, 0.2) is 5.11 Å². The molecule has 1 heterocycles. The molecule has 0 amide bonds. The molecule has 0 radical (unpaired) electrons. The van der Waals surface area contributed by atoms with Crippen LogP contribution in [0.3, 0.4) is 0 Å². The Bertz CT molecular complexity index is 525. The van der Waals surface area contributed by atoms with Gasteiger partial charge in [-0.3, -0.25) is 0 Å². The van der Waals surface area contributed by atoms with Crippen molar-refractivity contribution in [3.8, 4) is 0 Å². The summed E-state index contributed by atoms with van der Waals surface area (Å²) >= 11 is 11.1. The van der Waals surface area contributed by atoms with Crippen molar-refractivity contribution in [3.05, 3.63) is 59.0 Å². The first-order chi connectivity index (χ1) is 9.15. The molecule has 2 aromatic rings. The Hall–Kier alpha value is -1.52. The fourth-order valence-electron chi connectivity index (χ4n) is 1.66. The molecule has 0 aliphatic rings. The Kier molecular flexibility index (Phi) is 4.82. The summed E-state index contributed by atoms with van der Waals surface area (Å²) in [6, 6.07) is 11.6. The van der Waals surface area contributed by atoms with E-state index in [4.69, 9.17) is 28.2 Å². The van der Waals surface area contributed by atoms with E-state index in [1.54, 1.807) is 6.26 Å². The van der Waals surface area contributed by atoms with Gasteiger partial charge in [0.25, 0.3) is 0 Å². The lowest BCUT2D eigenvalue weighted by Crippen LogP contribution is -2.36. The summed E-state index contributed by atoms with van der Waals surface area (Å²) in [5.41, 5.74) is 1.13. The first kappa shape index (κ1) is 13.9. The van der Waals surface area contributed by atoms with Gasteiger partial charge in [-0.1, -0.05) is 23.7 Å². The minimum atomic E-state index is 0.119. The third kappa shape index (κ3) is 4.26. The van der Waals surface area contributed by atoms with E-state index in [-0.39, 0.29) is 6.04 Å². The monoisotopic (exact) mass is 294 g/mol. The predicted molar refractivity (Wildman–Crippen MR) is 81.1 cm³/mol. The molecule has 1 atom stereocenters. The van der Waals surface area contributed by atoms with Crippen molar-refractivity contribution in [2.24, 2.45) is 0 Å². The van der Waals surface area contributed by atoms with E-state index in [9.17, 15) is 0 Å². The molecule has 0 spiro atoms. The normalized spacial score (nSPS) is 11.9. The first-order valence-electron chi connectivity index (χ1n) is 5.97. The third-order valence-electron chi connectivity index (χ3n) is 2.72. The standard InChI is InChI=1S/C14H15ClN2OS/c1-10(11-4-6-12(15)7-5-11)17-14(19)16-9-13-3-2-8-18-13/h2-8,10H,9H2,1H3,(H2,16,17,19)/t10-/m1/s1. The summed E-state index contributed by atoms with van der Waals surface area (Å²) in [5.74, 6) is 0.850. The average molecular weight is 295 g/mol. The van der Waals surface area contributed by atoms with Crippen LogP contribution < -0.4 is 10.6 Å². The zero-order valence-electron chi connectivity index (χ0n) is 10.5. The highest BCUT2D eigenvalue weighted by Crippen LogP contribution is 2.15. The summed E-state index contributed by atoms with van der Waals surface area (Å²) in [6.45, 7) is 2.62. The van der Waals surface area contributed by atoms with Gasteiger partial charge >= 0.3 is 0 Å². The van der Waals surface area contributed by atoms with Crippen LogP contribution >= 0.6 is 23.8 Å². The molecule has 0 saturated carbocycles. The molecule has 0 fully saturated rings. The van der Waals surface area contributed by atoms with E-state index >= 15 is 0 Å². The number of furan rings is 1. The second-order valence-corrected chi connectivity index (χ2v) is 5.02. The molecular formula is C14H15ClN2OS. The van der Waals surface area contributed by atoms with Gasteiger partial charge in [0.1, 0.15) is 5.76 Å². The Balaban J connectivity index is 1.83. The Morgan fingerprint density at radius 1 is 1.32 bits per heavy atom. The summed E-state index contributed by atoms with van der Waals surface area (Å²) in [7, 11) is 0. The molecule has 0 aliphatic carbocycles. The highest BCUT2D eigenvalue weighted by molar-refractivity contribution is 7.80. The Morgan fingerprint density at radius 3 is 2.68 bits per heavy atom. The number of benzene rings is 1. The predicted octanol–water partition coefficient (Wildman–Crippen LogP) is 3.66. The number of hydrogen-bond acceptors (Lipinski definition) is 2. The second kappa shape index (κ2) is 6.59. The molecule has 0 saturated heterocycles. The van der Waals surface area contributed by atoms with Crippen molar-refractivity contribution in [2.75, 3.05) is 0 Å². The molecule has 5 heteroatoms. The summed E-state index contributed by atoms with van der Waals surface area (Å²) in [6.07, 6.45) is 1.64. The molecule has 2 N–H and O–H groups in total. The molecule has 0 aliphatic heterocycles. The summed E-state index contributed by atoms with van der Waals surface area (Å²) in [5, 5.41) is 7.64. The largest absolute Gasteiger partial charge is 0.467 e. The van der Waals surface area contributed by atoms with Crippen LogP contribution in [-0.2, 0) is 6.54 Å². The molecule has 19 heavy (non-hydrogen) atoms. The highest BCUT2D eigenvalue weighted by Gasteiger charge is 2.07. The first-order valence-corrected chi connectivity index (χ1v) is 6.76. The lowest BCUT2D eigenvalue weighted by Gasteiger charge is -2.17. The van der Waals surface area contributed by atoms with Gasteiger partial charge in [0.2, 0.25) is 0 Å². The van der Waals surface area contributed by atoms with Gasteiger partial charge in [0.05, 0.1) is 18.8 Å². The molecule has 0 bridgehead atoms. The van der Waals surface area contributed by atoms with E-state index in [0.717, 1.165) is 16.3 Å². The second-order valence-electron chi connectivity index (χ2n) is 4.18. The maximum Gasteiger partial charge on any atom is 0.167 e. The molecule has 100 valence electrons. The molecular weight excluding hydrogens is 280 g/mol. The molecule has 3 nitrogen and oxygen atoms in total. The van der Waals surface area contributed by atoms with E-state index in [1.165, 1.54) is 0 Å². The van der Waals surface area contributed by atoms with Crippen LogP contribution in [0.5, 0.6) is 0 Å². The van der Waals surface area contributed by atoms with Gasteiger partial charge < -0.3 is 15.1 Å². The van der Waals surface area contributed by atoms with Crippen LogP contribution in [0, 0.1) is 0 Å². The number of rotatable bonds is 4. The van der Waals surface area contributed by atoms with Gasteiger partial charge in [-0.25, -0.2) is 0 Å². The Morgan fingerprint density at radius 2 is 2.05 bits per heavy atom. The molecule has 1 aromatic heterocycles. The maximum atomic E-state index is 5.86. The molecule has 0 unspecified atom stereocenters. The van der Waals surface area contributed by atoms with Gasteiger partial charge in [-0.15, -0.1) is 0 Å². The van der Waals surface area contributed by atoms with Crippen LogP contribution in [0.1, 0.15) is 24.3 Å². The lowest BCUT2D eigenvalue weighted by atomic mass is 10.1. The third-order valence-corrected chi connectivity index (χ3v) is 3.24. The quantitative estimate of drug-likeness (QED) is 0.844. The van der Waals surface area contributed by atoms with Crippen molar-refractivity contribution in [3.63, 3.8) is 0 Å². The SMILES string of the molecule is C[C@@H](NC(=S)NCc1ccco1)c1ccc(Cl)cc1. The van der Waals surface area contributed by atoms with Crippen molar-refractivity contribution in [1.82, 2.24) is 10.6 Å². The van der Waals surface area contributed by atoms with Crippen LogP contribution in [0.25, 0.3) is 0 Å². The minimum Gasteiger partial charge on any atom is -0.467 e. The van der Waals surface area contributed by atoms with Crippen LogP contribution in [0.2, 0.25) is 5.02 Å². The van der Waals surface area contributed by atoms with Crippen LogP contribution in [0.4, 0.5) is 0 Å². The van der Waals surface area contributed by atoms with Crippen molar-refractivity contribution >= 4 is 28.9 Å². The summed E-state index contributed by atoms with van der Waals surface area (Å²) < 4.78 is 5.22. The number of halogens is 1. The fraction of sp³-hybridized carbons (Fsp3) is 0.214. The van der Waals surface area contributed by atoms with E-state index in [2.05, 4.69) is 10.6 Å². The fourth-order valence-corrected chi connectivity index (χ4v) is 2.04. The van der Waals surface area contributed by atoms with Gasteiger partial charge in [0, 0.05) is 5.02 Å². The smallest absolute Gasteiger partial charge is 0.167 e. The molecule has 2 rings (SSSR count). The lowest BCUT2D eigenvalue weighted by molar-refractivity contribution is 0.501. The van der Waals surface area contributed by atoms with Gasteiger partial charge in [-0.05, 0) is 49.0 Å². The van der Waals surface area contributed by atoms with Crippen molar-refractivity contribution in [2.45, 2.75) is 19.5 Å². The zero-order valence-corrected chi connectivity index (χ0v) is 12.1. The van der Waals surface area contributed by atoms with Gasteiger partial charge in [-0.2, -0.15) is 0 Å². The highest BCUT2D eigenvalue weighted by atomic mass is 35.5.